The van der Waals surface area contributed by atoms with Gasteiger partial charge in [0, 0.05) is 32.1 Å². The maximum absolute atomic E-state index is 12.3. The van der Waals surface area contributed by atoms with Gasteiger partial charge in [-0.2, -0.15) is 0 Å². The van der Waals surface area contributed by atoms with Gasteiger partial charge in [0.15, 0.2) is 0 Å². The summed E-state index contributed by atoms with van der Waals surface area (Å²) in [5, 5.41) is 0. The Bertz CT molecular complexity index is 502. The zero-order valence-corrected chi connectivity index (χ0v) is 14.6. The van der Waals surface area contributed by atoms with Crippen molar-refractivity contribution in [3.05, 3.63) is 35.9 Å². The third kappa shape index (κ3) is 3.95. The van der Waals surface area contributed by atoms with E-state index in [9.17, 15) is 4.79 Å². The minimum Gasteiger partial charge on any atom is -0.342 e. The second-order valence-electron chi connectivity index (χ2n) is 7.42. The van der Waals surface area contributed by atoms with Crippen molar-refractivity contribution in [1.29, 1.82) is 0 Å². The maximum atomic E-state index is 12.3. The van der Waals surface area contributed by atoms with Crippen molar-refractivity contribution in [3.8, 4) is 0 Å². The predicted molar refractivity (Wildman–Crippen MR) is 94.2 cm³/mol. The number of likely N-dealkylation sites (tertiary alicyclic amines) is 2. The summed E-state index contributed by atoms with van der Waals surface area (Å²) in [5.41, 5.74) is 1.44. The number of rotatable bonds is 6. The van der Waals surface area contributed by atoms with Gasteiger partial charge >= 0.3 is 0 Å². The Kier molecular flexibility index (Phi) is 5.37. The van der Waals surface area contributed by atoms with Crippen LogP contribution in [0.15, 0.2) is 30.3 Å². The summed E-state index contributed by atoms with van der Waals surface area (Å²) in [4.78, 5) is 17.1. The van der Waals surface area contributed by atoms with Crippen molar-refractivity contribution in [2.24, 2.45) is 17.8 Å². The minimum atomic E-state index is 0.191. The fourth-order valence-corrected chi connectivity index (χ4v) is 4.09. The lowest BCUT2D eigenvalue weighted by atomic mass is 10.0. The number of amides is 1. The summed E-state index contributed by atoms with van der Waals surface area (Å²) < 4.78 is 0. The first-order chi connectivity index (χ1) is 11.2. The SMILES string of the molecule is CCC(C)C(=O)N1CC2CN(CCCc3ccccc3)CC2C1. The molecule has 2 fully saturated rings. The van der Waals surface area contributed by atoms with Gasteiger partial charge in [-0.1, -0.05) is 44.2 Å². The van der Waals surface area contributed by atoms with Crippen molar-refractivity contribution in [1.82, 2.24) is 9.80 Å². The normalized spacial score (nSPS) is 25.6. The number of fused-ring (bicyclic) bond motifs is 1. The highest BCUT2D eigenvalue weighted by molar-refractivity contribution is 5.78. The number of hydrogen-bond donors (Lipinski definition) is 0. The van der Waals surface area contributed by atoms with E-state index in [2.05, 4.69) is 54.0 Å². The van der Waals surface area contributed by atoms with Crippen LogP contribution in [0.5, 0.6) is 0 Å². The van der Waals surface area contributed by atoms with Gasteiger partial charge < -0.3 is 9.80 Å². The Morgan fingerprint density at radius 3 is 2.39 bits per heavy atom. The average Bonchev–Trinajstić information content (AvgIpc) is 3.13. The number of carbonyl (C=O) groups is 1. The van der Waals surface area contributed by atoms with Crippen molar-refractivity contribution >= 4 is 5.91 Å². The summed E-state index contributed by atoms with van der Waals surface area (Å²) in [6.45, 7) is 9.71. The van der Waals surface area contributed by atoms with Gasteiger partial charge in [-0.05, 0) is 43.2 Å². The molecule has 3 heteroatoms. The topological polar surface area (TPSA) is 23.6 Å². The van der Waals surface area contributed by atoms with Crippen molar-refractivity contribution in [2.45, 2.75) is 33.1 Å². The van der Waals surface area contributed by atoms with E-state index in [0.717, 1.165) is 19.5 Å². The Morgan fingerprint density at radius 2 is 1.78 bits per heavy atom. The predicted octanol–water partition coefficient (Wildman–Crippen LogP) is 3.06. The molecule has 0 saturated carbocycles. The molecular formula is C20H30N2O. The second-order valence-corrected chi connectivity index (χ2v) is 7.42. The van der Waals surface area contributed by atoms with Crippen LogP contribution in [0.2, 0.25) is 0 Å². The largest absolute Gasteiger partial charge is 0.342 e. The van der Waals surface area contributed by atoms with Crippen LogP contribution in [0.3, 0.4) is 0 Å². The third-order valence-electron chi connectivity index (χ3n) is 5.69. The highest BCUT2D eigenvalue weighted by atomic mass is 16.2. The standard InChI is InChI=1S/C20H30N2O/c1-3-16(2)20(23)22-14-18-12-21(13-19(18)15-22)11-7-10-17-8-5-4-6-9-17/h4-6,8-9,16,18-19H,3,7,10-15H2,1-2H3. The zero-order chi connectivity index (χ0) is 16.2. The van der Waals surface area contributed by atoms with Gasteiger partial charge in [-0.25, -0.2) is 0 Å². The van der Waals surface area contributed by atoms with E-state index in [1.54, 1.807) is 0 Å². The van der Waals surface area contributed by atoms with Gasteiger partial charge in [0.2, 0.25) is 5.91 Å². The quantitative estimate of drug-likeness (QED) is 0.806. The molecule has 0 aromatic heterocycles. The first-order valence-corrected chi connectivity index (χ1v) is 9.22. The minimum absolute atomic E-state index is 0.191. The summed E-state index contributed by atoms with van der Waals surface area (Å²) >= 11 is 0. The van der Waals surface area contributed by atoms with Gasteiger partial charge in [-0.15, -0.1) is 0 Å². The number of hydrogen-bond acceptors (Lipinski definition) is 2. The molecular weight excluding hydrogens is 284 g/mol. The summed E-state index contributed by atoms with van der Waals surface area (Å²) in [7, 11) is 0. The lowest BCUT2D eigenvalue weighted by Gasteiger charge is -2.23. The molecule has 2 aliphatic rings. The van der Waals surface area contributed by atoms with Gasteiger partial charge in [-0.3, -0.25) is 4.79 Å². The Morgan fingerprint density at radius 1 is 1.13 bits per heavy atom. The number of aryl methyl sites for hydroxylation is 1. The molecule has 2 heterocycles. The molecule has 126 valence electrons. The lowest BCUT2D eigenvalue weighted by molar-refractivity contribution is -0.134. The molecule has 2 saturated heterocycles. The highest BCUT2D eigenvalue weighted by Gasteiger charge is 2.41. The number of nitrogens with zero attached hydrogens (tertiary/aromatic N) is 2. The van der Waals surface area contributed by atoms with Crippen LogP contribution in [-0.2, 0) is 11.2 Å². The summed E-state index contributed by atoms with van der Waals surface area (Å²) in [6.07, 6.45) is 3.36. The molecule has 3 atom stereocenters. The van der Waals surface area contributed by atoms with E-state index in [0.29, 0.717) is 17.7 Å². The van der Waals surface area contributed by atoms with Crippen molar-refractivity contribution < 1.29 is 4.79 Å². The molecule has 0 N–H and O–H groups in total. The van der Waals surface area contributed by atoms with Crippen LogP contribution >= 0.6 is 0 Å². The maximum Gasteiger partial charge on any atom is 0.225 e. The fourth-order valence-electron chi connectivity index (χ4n) is 4.09. The zero-order valence-electron chi connectivity index (χ0n) is 14.6. The molecule has 3 unspecified atom stereocenters. The smallest absolute Gasteiger partial charge is 0.225 e. The Labute approximate surface area is 140 Å². The number of benzene rings is 1. The van der Waals surface area contributed by atoms with E-state index in [1.807, 2.05) is 0 Å². The molecule has 0 aliphatic carbocycles. The van der Waals surface area contributed by atoms with Crippen LogP contribution in [0.25, 0.3) is 0 Å². The Hall–Kier alpha value is -1.35. The van der Waals surface area contributed by atoms with E-state index in [-0.39, 0.29) is 5.92 Å². The fraction of sp³-hybridized carbons (Fsp3) is 0.650. The Balaban J connectivity index is 1.40. The highest BCUT2D eigenvalue weighted by Crippen LogP contribution is 2.32. The van der Waals surface area contributed by atoms with E-state index in [1.165, 1.54) is 38.0 Å². The van der Waals surface area contributed by atoms with E-state index < -0.39 is 0 Å². The average molecular weight is 314 g/mol. The van der Waals surface area contributed by atoms with Crippen LogP contribution in [0.1, 0.15) is 32.3 Å². The summed E-state index contributed by atoms with van der Waals surface area (Å²) in [6, 6.07) is 10.8. The van der Waals surface area contributed by atoms with Gasteiger partial charge in [0.1, 0.15) is 0 Å². The molecule has 0 spiro atoms. The van der Waals surface area contributed by atoms with Crippen molar-refractivity contribution in [3.63, 3.8) is 0 Å². The number of carbonyl (C=O) groups excluding carboxylic acids is 1. The van der Waals surface area contributed by atoms with Gasteiger partial charge in [0.05, 0.1) is 0 Å². The van der Waals surface area contributed by atoms with E-state index >= 15 is 0 Å². The molecule has 23 heavy (non-hydrogen) atoms. The third-order valence-corrected chi connectivity index (χ3v) is 5.69. The monoisotopic (exact) mass is 314 g/mol. The van der Waals surface area contributed by atoms with Crippen LogP contribution in [0, 0.1) is 17.8 Å². The second kappa shape index (κ2) is 7.48. The molecule has 1 amide bonds. The van der Waals surface area contributed by atoms with Crippen LogP contribution < -0.4 is 0 Å². The summed E-state index contributed by atoms with van der Waals surface area (Å²) in [5.74, 6) is 1.98. The van der Waals surface area contributed by atoms with E-state index in [4.69, 9.17) is 0 Å². The van der Waals surface area contributed by atoms with Crippen molar-refractivity contribution in [2.75, 3.05) is 32.7 Å². The molecule has 1 aromatic carbocycles. The van der Waals surface area contributed by atoms with Gasteiger partial charge in [0.25, 0.3) is 0 Å². The molecule has 2 aliphatic heterocycles. The first kappa shape index (κ1) is 16.5. The molecule has 0 radical (unpaired) electrons. The lowest BCUT2D eigenvalue weighted by Crippen LogP contribution is -2.36. The van der Waals surface area contributed by atoms with Crippen LogP contribution in [-0.4, -0.2) is 48.4 Å². The molecule has 3 nitrogen and oxygen atoms in total. The van der Waals surface area contributed by atoms with Crippen LogP contribution in [0.4, 0.5) is 0 Å². The molecule has 1 aromatic rings. The molecule has 3 rings (SSSR count). The molecule has 0 bridgehead atoms. The first-order valence-electron chi connectivity index (χ1n) is 9.22.